The van der Waals surface area contributed by atoms with Crippen molar-refractivity contribution in [2.75, 3.05) is 39.6 Å². The van der Waals surface area contributed by atoms with E-state index in [4.69, 9.17) is 35.0 Å². The first-order chi connectivity index (χ1) is 28.5. The molecule has 14 heteroatoms. The summed E-state index contributed by atoms with van der Waals surface area (Å²) in [4.78, 5) is 51.6. The average Bonchev–Trinajstić information content (AvgIpc) is 3.65. The molecule has 1 aromatic rings. The zero-order valence-electron chi connectivity index (χ0n) is 35.3. The number of unbranched alkanes of at least 4 members (excludes halogenated alkanes) is 14. The van der Waals surface area contributed by atoms with Crippen LogP contribution >= 0.6 is 23.5 Å². The Labute approximate surface area is 359 Å². The highest BCUT2D eigenvalue weighted by Crippen LogP contribution is 2.59. The molecule has 0 saturated carbocycles. The number of nitrogens with zero attached hydrogens (tertiary/aromatic N) is 2. The summed E-state index contributed by atoms with van der Waals surface area (Å²) in [6.45, 7) is 21.0. The van der Waals surface area contributed by atoms with Gasteiger partial charge in [-0.15, -0.1) is 0 Å². The number of rotatable bonds is 32. The highest BCUT2D eigenvalue weighted by Gasteiger charge is 2.30. The molecule has 0 aliphatic carbocycles. The topological polar surface area (TPSA) is 152 Å². The Balaban J connectivity index is 1.63. The van der Waals surface area contributed by atoms with Crippen molar-refractivity contribution in [3.63, 3.8) is 0 Å². The fraction of sp³-hybridized carbons (Fsp3) is 0.600. The van der Waals surface area contributed by atoms with E-state index in [0.717, 1.165) is 130 Å². The van der Waals surface area contributed by atoms with Gasteiger partial charge in [0.2, 0.25) is 0 Å². The first-order valence-corrected chi connectivity index (χ1v) is 22.4. The van der Waals surface area contributed by atoms with Gasteiger partial charge in [0.15, 0.2) is 0 Å². The Morgan fingerprint density at radius 2 is 1.03 bits per heavy atom. The van der Waals surface area contributed by atoms with E-state index in [2.05, 4.69) is 18.0 Å². The Hall–Kier alpha value is -4.40. The van der Waals surface area contributed by atoms with Crippen molar-refractivity contribution < 1.29 is 47.6 Å². The van der Waals surface area contributed by atoms with Crippen LogP contribution in [0.2, 0.25) is 0 Å². The normalized spacial score (nSPS) is 12.4. The van der Waals surface area contributed by atoms with Gasteiger partial charge in [0.25, 0.3) is 5.70 Å². The van der Waals surface area contributed by atoms with Crippen molar-refractivity contribution >= 4 is 47.4 Å². The molecule has 0 bridgehead atoms. The number of nitriles is 1. The van der Waals surface area contributed by atoms with Crippen LogP contribution in [0.3, 0.4) is 0 Å². The Morgan fingerprint density at radius 3 is 1.47 bits per heavy atom. The minimum atomic E-state index is -0.487. The van der Waals surface area contributed by atoms with Gasteiger partial charge in [0, 0.05) is 24.0 Å². The van der Waals surface area contributed by atoms with Crippen molar-refractivity contribution in [1.29, 1.82) is 5.26 Å². The van der Waals surface area contributed by atoms with Crippen molar-refractivity contribution in [1.82, 2.24) is 0 Å². The summed E-state index contributed by atoms with van der Waals surface area (Å²) in [7, 11) is 0. The maximum atomic E-state index is 11.9. The second-order valence-corrected chi connectivity index (χ2v) is 16.7. The molecule has 0 saturated heterocycles. The number of carbonyl (C=O) groups excluding carboxylic acids is 4. The van der Waals surface area contributed by atoms with Gasteiger partial charge in [-0.1, -0.05) is 114 Å². The van der Waals surface area contributed by atoms with Gasteiger partial charge in [0.1, 0.15) is 37.9 Å². The number of benzene rings is 1. The lowest BCUT2D eigenvalue weighted by Gasteiger charge is -2.16. The van der Waals surface area contributed by atoms with E-state index < -0.39 is 11.9 Å². The van der Waals surface area contributed by atoms with E-state index in [1.54, 1.807) is 13.8 Å². The number of thioether (sulfide) groups is 2. The summed E-state index contributed by atoms with van der Waals surface area (Å²) in [5, 5.41) is 9.56. The molecule has 0 aromatic heterocycles. The summed E-state index contributed by atoms with van der Waals surface area (Å²) in [5.41, 5.74) is 1.66. The van der Waals surface area contributed by atoms with Gasteiger partial charge in [-0.25, -0.2) is 19.7 Å². The summed E-state index contributed by atoms with van der Waals surface area (Å²) < 4.78 is 33.3. The minimum absolute atomic E-state index is 0.0351. The van der Waals surface area contributed by atoms with Crippen LogP contribution in [0.15, 0.2) is 50.1 Å². The molecule has 1 aliphatic rings. The van der Waals surface area contributed by atoms with Gasteiger partial charge in [-0.2, -0.15) is 0 Å². The third-order valence-corrected chi connectivity index (χ3v) is 11.6. The van der Waals surface area contributed by atoms with E-state index in [1.807, 2.05) is 19.1 Å². The number of esters is 4. The summed E-state index contributed by atoms with van der Waals surface area (Å²) in [5.74, 6) is 0.0133. The number of hydrogen-bond donors (Lipinski definition) is 0. The standard InChI is InChI=1S/C45H62N2O10S2/c1-33(2)43(50)56-29-27-53-38(48)23-19-15-11-7-9-13-17-21-25-52-37-31-35(5)40(42-41(37)58-45(59-42)36(32-46)47-6)55-26-22-18-14-10-8-12-16-20-24-39(49)54-28-30-57-44(51)34(3)4/h31H,1,3,7-30H2,2,4-5H3/b45-36+. The molecule has 12 nitrogen and oxygen atoms in total. The lowest BCUT2D eigenvalue weighted by atomic mass is 10.1. The lowest BCUT2D eigenvalue weighted by Crippen LogP contribution is -2.14. The molecule has 1 heterocycles. The summed E-state index contributed by atoms with van der Waals surface area (Å²) in [6.07, 6.45) is 16.9. The SMILES string of the molecule is [C-]#[N+]/C(C#N)=C1\Sc2c(OCCCCCCCCCCC(=O)OCCOC(=O)C(=C)C)cc(C)c(OCCCCCCCCCCC(=O)OCCOC(=O)C(=C)C)c2S1. The first kappa shape index (κ1) is 50.7. The average molecular weight is 855 g/mol. The molecule has 0 N–H and O–H groups in total. The fourth-order valence-corrected chi connectivity index (χ4v) is 8.38. The van der Waals surface area contributed by atoms with Crippen LogP contribution in [-0.4, -0.2) is 63.5 Å². The Bertz CT molecular complexity index is 1660. The Morgan fingerprint density at radius 1 is 0.627 bits per heavy atom. The van der Waals surface area contributed by atoms with Crippen molar-refractivity contribution in [3.05, 3.63) is 57.3 Å². The van der Waals surface area contributed by atoms with Gasteiger partial charge in [-0.3, -0.25) is 9.59 Å². The number of hydrogen-bond acceptors (Lipinski definition) is 13. The molecule has 0 unspecified atom stereocenters. The van der Waals surface area contributed by atoms with Gasteiger partial charge in [-0.05, 0) is 58.1 Å². The van der Waals surface area contributed by atoms with Crippen molar-refractivity contribution in [3.8, 4) is 17.6 Å². The predicted octanol–water partition coefficient (Wildman–Crippen LogP) is 10.9. The van der Waals surface area contributed by atoms with Gasteiger partial charge in [0.05, 0.1) is 39.9 Å². The van der Waals surface area contributed by atoms with Crippen LogP contribution in [0.4, 0.5) is 0 Å². The molecule has 0 atom stereocenters. The summed E-state index contributed by atoms with van der Waals surface area (Å²) in [6, 6.07) is 4.03. The van der Waals surface area contributed by atoms with E-state index >= 15 is 0 Å². The minimum Gasteiger partial charge on any atom is -0.492 e. The van der Waals surface area contributed by atoms with Crippen LogP contribution in [-0.2, 0) is 38.1 Å². The number of carbonyl (C=O) groups is 4. The molecule has 2 rings (SSSR count). The molecule has 324 valence electrons. The molecule has 59 heavy (non-hydrogen) atoms. The van der Waals surface area contributed by atoms with Crippen LogP contribution < -0.4 is 9.47 Å². The largest absolute Gasteiger partial charge is 0.492 e. The fourth-order valence-electron chi connectivity index (χ4n) is 5.81. The second-order valence-electron chi connectivity index (χ2n) is 14.4. The van der Waals surface area contributed by atoms with Gasteiger partial charge >= 0.3 is 23.9 Å². The first-order valence-electron chi connectivity index (χ1n) is 20.8. The summed E-state index contributed by atoms with van der Waals surface area (Å²) >= 11 is 2.82. The lowest BCUT2D eigenvalue weighted by molar-refractivity contribution is -0.150. The van der Waals surface area contributed by atoms with Crippen molar-refractivity contribution in [2.45, 2.75) is 146 Å². The smallest absolute Gasteiger partial charge is 0.333 e. The molecule has 1 aromatic carbocycles. The predicted molar refractivity (Wildman–Crippen MR) is 230 cm³/mol. The van der Waals surface area contributed by atoms with E-state index in [0.29, 0.717) is 41.4 Å². The molecule has 0 spiro atoms. The van der Waals surface area contributed by atoms with Crippen LogP contribution in [0, 0.1) is 24.8 Å². The number of ether oxygens (including phenoxy) is 6. The number of fused-ring (bicyclic) bond motifs is 1. The van der Waals surface area contributed by atoms with Crippen LogP contribution in [0.5, 0.6) is 11.5 Å². The second kappa shape index (κ2) is 30.6. The Kier molecular flexibility index (Phi) is 26.3. The third kappa shape index (κ3) is 21.4. The maximum absolute atomic E-state index is 11.9. The van der Waals surface area contributed by atoms with E-state index in [-0.39, 0.29) is 44.1 Å². The van der Waals surface area contributed by atoms with Gasteiger partial charge < -0.3 is 28.4 Å². The highest BCUT2D eigenvalue weighted by atomic mass is 32.2. The molecular formula is C45H62N2O10S2. The van der Waals surface area contributed by atoms with E-state index in [9.17, 15) is 24.4 Å². The molecule has 0 fully saturated rings. The monoisotopic (exact) mass is 854 g/mol. The highest BCUT2D eigenvalue weighted by molar-refractivity contribution is 8.24. The molecule has 0 radical (unpaired) electrons. The third-order valence-electron chi connectivity index (χ3n) is 9.05. The molecular weight excluding hydrogens is 793 g/mol. The zero-order valence-corrected chi connectivity index (χ0v) is 36.9. The molecule has 0 amide bonds. The van der Waals surface area contributed by atoms with Crippen LogP contribution in [0.1, 0.15) is 135 Å². The zero-order chi connectivity index (χ0) is 43.3. The van der Waals surface area contributed by atoms with Crippen LogP contribution in [0.25, 0.3) is 4.85 Å². The molecule has 1 aliphatic heterocycles. The number of aryl methyl sites for hydroxylation is 1. The van der Waals surface area contributed by atoms with E-state index in [1.165, 1.54) is 23.5 Å². The van der Waals surface area contributed by atoms with Crippen molar-refractivity contribution in [2.24, 2.45) is 0 Å². The maximum Gasteiger partial charge on any atom is 0.333 e. The quantitative estimate of drug-likeness (QED) is 0.0169. The number of allylic oxidation sites excluding steroid dienone is 1.